The van der Waals surface area contributed by atoms with Crippen LogP contribution in [0.4, 0.5) is 4.39 Å². The minimum Gasteiger partial charge on any atom is -0.332 e. The van der Waals surface area contributed by atoms with Crippen LogP contribution in [-0.4, -0.2) is 37.1 Å². The summed E-state index contributed by atoms with van der Waals surface area (Å²) in [5, 5.41) is 7.36. The number of halogens is 1. The van der Waals surface area contributed by atoms with Gasteiger partial charge < -0.3 is 9.47 Å². The molecule has 1 aliphatic heterocycles. The maximum atomic E-state index is 14.0. The lowest BCUT2D eigenvalue weighted by Crippen LogP contribution is -2.40. The summed E-state index contributed by atoms with van der Waals surface area (Å²) in [6, 6.07) is 10.4. The van der Waals surface area contributed by atoms with Crippen molar-refractivity contribution in [3.8, 4) is 11.1 Å². The Morgan fingerprint density at radius 1 is 1.17 bits per heavy atom. The zero-order valence-corrected chi connectivity index (χ0v) is 20.1. The summed E-state index contributed by atoms with van der Waals surface area (Å²) in [5.41, 5.74) is 6.88. The topological polar surface area (TPSA) is 83.9 Å². The maximum absolute atomic E-state index is 14.0. The van der Waals surface area contributed by atoms with Crippen molar-refractivity contribution in [3.63, 3.8) is 0 Å². The van der Waals surface area contributed by atoms with Crippen LogP contribution in [0.15, 0.2) is 53.6 Å². The van der Waals surface area contributed by atoms with Gasteiger partial charge in [0.15, 0.2) is 5.69 Å². The molecule has 1 N–H and O–H groups in total. The minimum atomic E-state index is -0.310. The predicted molar refractivity (Wildman–Crippen MR) is 133 cm³/mol. The zero-order valence-electron chi connectivity index (χ0n) is 20.1. The molecular weight excluding hydrogens is 457 g/mol. The third-order valence-electron chi connectivity index (χ3n) is 7.30. The molecule has 1 aromatic carbocycles. The second-order valence-corrected chi connectivity index (χ2v) is 9.61. The highest BCUT2D eigenvalue weighted by Gasteiger charge is 2.30. The van der Waals surface area contributed by atoms with Gasteiger partial charge in [0.2, 0.25) is 0 Å². The largest absolute Gasteiger partial charge is 0.332 e. The van der Waals surface area contributed by atoms with E-state index in [1.807, 2.05) is 23.1 Å². The number of benzene rings is 1. The monoisotopic (exact) mass is 483 g/mol. The number of rotatable bonds is 4. The van der Waals surface area contributed by atoms with Gasteiger partial charge in [0.1, 0.15) is 5.82 Å². The van der Waals surface area contributed by atoms with E-state index in [0.717, 1.165) is 47.3 Å². The van der Waals surface area contributed by atoms with Gasteiger partial charge in [-0.2, -0.15) is 5.10 Å². The fourth-order valence-corrected chi connectivity index (χ4v) is 5.40. The van der Waals surface area contributed by atoms with E-state index in [1.165, 1.54) is 6.07 Å². The first-order valence-corrected chi connectivity index (χ1v) is 12.3. The normalized spacial score (nSPS) is 14.6. The Balaban J connectivity index is 1.42. The van der Waals surface area contributed by atoms with Crippen molar-refractivity contribution in [2.75, 3.05) is 6.54 Å². The number of pyridine rings is 2. The number of aromatic nitrogens is 4. The number of carbonyl (C=O) groups is 1. The van der Waals surface area contributed by atoms with E-state index < -0.39 is 0 Å². The summed E-state index contributed by atoms with van der Waals surface area (Å²) in [5.74, 6) is -0.389. The first-order chi connectivity index (χ1) is 17.5. The predicted octanol–water partition coefficient (Wildman–Crippen LogP) is 3.82. The number of fused-ring (bicyclic) bond motifs is 2. The lowest BCUT2D eigenvalue weighted by molar-refractivity contribution is 0.0725. The van der Waals surface area contributed by atoms with Crippen LogP contribution in [0.2, 0.25) is 0 Å². The Morgan fingerprint density at radius 3 is 2.86 bits per heavy atom. The van der Waals surface area contributed by atoms with E-state index in [0.29, 0.717) is 48.4 Å². The molecule has 4 aromatic rings. The Kier molecular flexibility index (Phi) is 5.51. The zero-order chi connectivity index (χ0) is 24.8. The van der Waals surface area contributed by atoms with E-state index in [4.69, 9.17) is 0 Å². The van der Waals surface area contributed by atoms with Gasteiger partial charge in [-0.1, -0.05) is 12.1 Å². The molecule has 0 spiro atoms. The number of aryl methyl sites for hydroxylation is 2. The molecule has 36 heavy (non-hydrogen) atoms. The van der Waals surface area contributed by atoms with E-state index in [1.54, 1.807) is 36.0 Å². The highest BCUT2D eigenvalue weighted by molar-refractivity contribution is 5.94. The van der Waals surface area contributed by atoms with Crippen LogP contribution in [0.3, 0.4) is 0 Å². The van der Waals surface area contributed by atoms with Crippen molar-refractivity contribution in [2.45, 2.75) is 45.7 Å². The molecule has 0 bridgehead atoms. The molecule has 0 atom stereocenters. The molecular formula is C28H26FN5O2. The molecule has 2 aliphatic rings. The molecule has 7 nitrogen and oxygen atoms in total. The van der Waals surface area contributed by atoms with Crippen LogP contribution >= 0.6 is 0 Å². The molecule has 1 amide bonds. The number of nitrogens with one attached hydrogen (secondary N) is 1. The van der Waals surface area contributed by atoms with Crippen molar-refractivity contribution >= 4 is 5.91 Å². The Bertz CT molecular complexity index is 1540. The van der Waals surface area contributed by atoms with E-state index in [9.17, 15) is 14.0 Å². The summed E-state index contributed by atoms with van der Waals surface area (Å²) < 4.78 is 15.8. The number of carbonyl (C=O) groups excluding carboxylic acids is 1. The summed E-state index contributed by atoms with van der Waals surface area (Å²) in [6.45, 7) is 2.96. The van der Waals surface area contributed by atoms with Gasteiger partial charge in [0.05, 0.1) is 6.54 Å². The number of H-pyrrole nitrogens is 1. The minimum absolute atomic E-state index is 0.0794. The molecule has 0 unspecified atom stereocenters. The smallest absolute Gasteiger partial charge is 0.274 e. The number of aromatic amines is 1. The Hall–Kier alpha value is -4.07. The Labute approximate surface area is 207 Å². The number of hydrogen-bond donors (Lipinski definition) is 1. The fraction of sp³-hybridized carbons (Fsp3) is 0.286. The molecule has 0 radical (unpaired) electrons. The fourth-order valence-electron chi connectivity index (χ4n) is 5.40. The molecule has 0 saturated heterocycles. The Morgan fingerprint density at radius 2 is 2.06 bits per heavy atom. The van der Waals surface area contributed by atoms with Crippen LogP contribution in [0.5, 0.6) is 0 Å². The van der Waals surface area contributed by atoms with Crippen LogP contribution < -0.4 is 5.56 Å². The molecule has 0 fully saturated rings. The first kappa shape index (κ1) is 22.4. The number of hydrogen-bond acceptors (Lipinski definition) is 4. The van der Waals surface area contributed by atoms with Crippen molar-refractivity contribution in [1.82, 2.24) is 24.6 Å². The van der Waals surface area contributed by atoms with Gasteiger partial charge in [-0.15, -0.1) is 0 Å². The maximum Gasteiger partial charge on any atom is 0.274 e. The quantitative estimate of drug-likeness (QED) is 0.478. The van der Waals surface area contributed by atoms with Crippen LogP contribution in [0.1, 0.15) is 50.6 Å². The standard InChI is InChI=1S/C28H26FN5O2/c1-17-12-19(7-8-23(17)29)22-13-20-16-33(28(36)26-21-5-2-6-24(21)31-32-26)11-9-25(20)34(27(22)35)15-18-4-3-10-30-14-18/h3-4,7-8,10,12-14H,2,5-6,9,11,15-16H2,1H3,(H,31,32). The van der Waals surface area contributed by atoms with Gasteiger partial charge in [-0.25, -0.2) is 4.39 Å². The molecule has 6 rings (SSSR count). The summed E-state index contributed by atoms with van der Waals surface area (Å²) in [6.07, 6.45) is 6.86. The third kappa shape index (κ3) is 3.82. The highest BCUT2D eigenvalue weighted by atomic mass is 19.1. The van der Waals surface area contributed by atoms with E-state index in [-0.39, 0.29) is 17.3 Å². The average molecular weight is 484 g/mol. The molecule has 1 aliphatic carbocycles. The van der Waals surface area contributed by atoms with E-state index >= 15 is 0 Å². The second-order valence-electron chi connectivity index (χ2n) is 9.61. The molecule has 0 saturated carbocycles. The van der Waals surface area contributed by atoms with Crippen molar-refractivity contribution in [3.05, 3.63) is 104 Å². The SMILES string of the molecule is Cc1cc(-c2cc3c(n(Cc4cccnc4)c2=O)CCN(C(=O)c2n[nH]c4c2CCC4)C3)ccc1F. The second kappa shape index (κ2) is 8.86. The summed E-state index contributed by atoms with van der Waals surface area (Å²) in [4.78, 5) is 33.2. The van der Waals surface area contributed by atoms with E-state index in [2.05, 4.69) is 15.2 Å². The molecule has 4 heterocycles. The molecule has 8 heteroatoms. The van der Waals surface area contributed by atoms with Gasteiger partial charge in [-0.3, -0.25) is 19.7 Å². The average Bonchev–Trinajstić information content (AvgIpc) is 3.51. The summed E-state index contributed by atoms with van der Waals surface area (Å²) >= 11 is 0. The lowest BCUT2D eigenvalue weighted by Gasteiger charge is -2.31. The summed E-state index contributed by atoms with van der Waals surface area (Å²) in [7, 11) is 0. The van der Waals surface area contributed by atoms with Gasteiger partial charge in [0.25, 0.3) is 11.5 Å². The lowest BCUT2D eigenvalue weighted by atomic mass is 9.97. The van der Waals surface area contributed by atoms with Crippen LogP contribution in [0, 0.1) is 12.7 Å². The molecule has 3 aromatic heterocycles. The van der Waals surface area contributed by atoms with Gasteiger partial charge >= 0.3 is 0 Å². The number of nitrogens with zero attached hydrogens (tertiary/aromatic N) is 4. The highest BCUT2D eigenvalue weighted by Crippen LogP contribution is 2.28. The molecule has 182 valence electrons. The number of amides is 1. The van der Waals surface area contributed by atoms with Crippen molar-refractivity contribution in [2.24, 2.45) is 0 Å². The first-order valence-electron chi connectivity index (χ1n) is 12.3. The van der Waals surface area contributed by atoms with Crippen molar-refractivity contribution < 1.29 is 9.18 Å². The van der Waals surface area contributed by atoms with Crippen LogP contribution in [-0.2, 0) is 32.4 Å². The van der Waals surface area contributed by atoms with Crippen molar-refractivity contribution in [1.29, 1.82) is 0 Å². The van der Waals surface area contributed by atoms with Gasteiger partial charge in [0, 0.05) is 54.4 Å². The van der Waals surface area contributed by atoms with Gasteiger partial charge in [-0.05, 0) is 72.7 Å². The third-order valence-corrected chi connectivity index (χ3v) is 7.30. The van der Waals surface area contributed by atoms with Crippen LogP contribution in [0.25, 0.3) is 11.1 Å².